The number of hydrogen-bond donors (Lipinski definition) is 3. The number of hydrogen-bond acceptors (Lipinski definition) is 4. The van der Waals surface area contributed by atoms with Crippen molar-refractivity contribution in [1.82, 2.24) is 10.3 Å². The largest absolute Gasteiger partial charge is 0.508 e. The Balaban J connectivity index is 1.92. The average Bonchev–Trinajstić information content (AvgIpc) is 2.23. The predicted octanol–water partition coefficient (Wildman–Crippen LogP) is 0.624. The fourth-order valence-corrected chi connectivity index (χ4v) is 1.50. The molecule has 0 radical (unpaired) electrons. The van der Waals surface area contributed by atoms with Crippen LogP contribution in [0.1, 0.15) is 0 Å². The van der Waals surface area contributed by atoms with E-state index in [1.165, 1.54) is 0 Å². The van der Waals surface area contributed by atoms with Gasteiger partial charge >= 0.3 is 0 Å². The van der Waals surface area contributed by atoms with Crippen molar-refractivity contribution < 1.29 is 5.11 Å². The second-order valence-corrected chi connectivity index (χ2v) is 3.40. The first-order valence-corrected chi connectivity index (χ1v) is 4.86. The van der Waals surface area contributed by atoms with Gasteiger partial charge in [0, 0.05) is 31.9 Å². The molecule has 0 unspecified atom stereocenters. The normalized spacial score (nSPS) is 18.0. The summed E-state index contributed by atoms with van der Waals surface area (Å²) in [5, 5.41) is 14.6. The van der Waals surface area contributed by atoms with Gasteiger partial charge in [0.15, 0.2) is 0 Å². The van der Waals surface area contributed by atoms with E-state index in [1.807, 2.05) is 12.1 Å². The number of nitrogens with zero attached hydrogens (tertiary/aromatic N) is 1. The van der Waals surface area contributed by atoms with Crippen LogP contribution in [0.25, 0.3) is 0 Å². The summed E-state index contributed by atoms with van der Waals surface area (Å²) in [6.07, 6.45) is 0. The summed E-state index contributed by atoms with van der Waals surface area (Å²) in [6.45, 7) is 4.04. The second kappa shape index (κ2) is 4.30. The van der Waals surface area contributed by atoms with E-state index in [0.717, 1.165) is 31.9 Å². The number of piperazine rings is 1. The van der Waals surface area contributed by atoms with Gasteiger partial charge in [-0.25, -0.2) is 5.01 Å². The van der Waals surface area contributed by atoms with Crippen molar-refractivity contribution >= 4 is 5.69 Å². The van der Waals surface area contributed by atoms with Crippen LogP contribution in [0, 0.1) is 0 Å². The van der Waals surface area contributed by atoms with Crippen LogP contribution in [-0.4, -0.2) is 36.3 Å². The Morgan fingerprint density at radius 1 is 1.14 bits per heavy atom. The minimum atomic E-state index is 0.302. The topological polar surface area (TPSA) is 47.5 Å². The third-order valence-corrected chi connectivity index (χ3v) is 2.27. The zero-order valence-electron chi connectivity index (χ0n) is 8.03. The van der Waals surface area contributed by atoms with E-state index in [1.54, 1.807) is 12.1 Å². The third kappa shape index (κ3) is 2.37. The molecule has 0 aliphatic carbocycles. The standard InChI is InChI=1S/C10H15N3O/c14-10-3-1-9(2-4-10)12-13-7-5-11-6-8-13/h1-4,11-12,14H,5-8H2. The summed E-state index contributed by atoms with van der Waals surface area (Å²) < 4.78 is 0. The quantitative estimate of drug-likeness (QED) is 0.603. The third-order valence-electron chi connectivity index (χ3n) is 2.27. The van der Waals surface area contributed by atoms with E-state index < -0.39 is 0 Å². The van der Waals surface area contributed by atoms with Gasteiger partial charge in [-0.15, -0.1) is 0 Å². The van der Waals surface area contributed by atoms with Gasteiger partial charge in [0.25, 0.3) is 0 Å². The molecule has 14 heavy (non-hydrogen) atoms. The molecule has 1 saturated heterocycles. The predicted molar refractivity (Wildman–Crippen MR) is 56.2 cm³/mol. The Kier molecular flexibility index (Phi) is 2.86. The van der Waals surface area contributed by atoms with E-state index in [0.29, 0.717) is 5.75 Å². The van der Waals surface area contributed by atoms with E-state index in [2.05, 4.69) is 15.8 Å². The maximum atomic E-state index is 9.11. The number of nitrogens with one attached hydrogen (secondary N) is 2. The van der Waals surface area contributed by atoms with Gasteiger partial charge in [-0.1, -0.05) is 0 Å². The lowest BCUT2D eigenvalue weighted by Gasteiger charge is -2.28. The van der Waals surface area contributed by atoms with Crippen LogP contribution in [-0.2, 0) is 0 Å². The van der Waals surface area contributed by atoms with Gasteiger partial charge in [0.2, 0.25) is 0 Å². The molecule has 1 heterocycles. The summed E-state index contributed by atoms with van der Waals surface area (Å²) in [7, 11) is 0. The van der Waals surface area contributed by atoms with E-state index in [9.17, 15) is 0 Å². The average molecular weight is 193 g/mol. The van der Waals surface area contributed by atoms with E-state index in [4.69, 9.17) is 5.11 Å². The van der Waals surface area contributed by atoms with Gasteiger partial charge in [0.1, 0.15) is 5.75 Å². The summed E-state index contributed by atoms with van der Waals surface area (Å²) >= 11 is 0. The highest BCUT2D eigenvalue weighted by Gasteiger charge is 2.08. The second-order valence-electron chi connectivity index (χ2n) is 3.40. The molecule has 0 bridgehead atoms. The Morgan fingerprint density at radius 2 is 1.79 bits per heavy atom. The Morgan fingerprint density at radius 3 is 2.43 bits per heavy atom. The summed E-state index contributed by atoms with van der Waals surface area (Å²) in [4.78, 5) is 0. The van der Waals surface area contributed by atoms with Crippen LogP contribution in [0.2, 0.25) is 0 Å². The van der Waals surface area contributed by atoms with Crippen molar-refractivity contribution in [3.05, 3.63) is 24.3 Å². The number of phenols is 1. The molecular weight excluding hydrogens is 178 g/mol. The summed E-state index contributed by atoms with van der Waals surface area (Å²) in [5.41, 5.74) is 4.31. The van der Waals surface area contributed by atoms with Gasteiger partial charge in [-0.2, -0.15) is 0 Å². The van der Waals surface area contributed by atoms with Crippen LogP contribution in [0.15, 0.2) is 24.3 Å². The molecule has 0 aromatic heterocycles. The molecule has 3 N–H and O–H groups in total. The van der Waals surface area contributed by atoms with Crippen LogP contribution in [0.4, 0.5) is 5.69 Å². The van der Waals surface area contributed by atoms with Crippen molar-refractivity contribution in [1.29, 1.82) is 0 Å². The number of benzene rings is 1. The number of phenolic OH excluding ortho intramolecular Hbond substituents is 1. The van der Waals surface area contributed by atoms with Crippen LogP contribution in [0.3, 0.4) is 0 Å². The monoisotopic (exact) mass is 193 g/mol. The minimum absolute atomic E-state index is 0.302. The zero-order valence-corrected chi connectivity index (χ0v) is 8.03. The molecule has 4 heteroatoms. The van der Waals surface area contributed by atoms with Gasteiger partial charge < -0.3 is 15.8 Å². The number of hydrazine groups is 1. The smallest absolute Gasteiger partial charge is 0.115 e. The first-order valence-electron chi connectivity index (χ1n) is 4.86. The van der Waals surface area contributed by atoms with Crippen molar-refractivity contribution in [3.63, 3.8) is 0 Å². The lowest BCUT2D eigenvalue weighted by molar-refractivity contribution is 0.287. The molecule has 76 valence electrons. The molecule has 4 nitrogen and oxygen atoms in total. The van der Waals surface area contributed by atoms with Crippen molar-refractivity contribution in [2.24, 2.45) is 0 Å². The highest BCUT2D eigenvalue weighted by atomic mass is 16.3. The maximum Gasteiger partial charge on any atom is 0.115 e. The van der Waals surface area contributed by atoms with E-state index in [-0.39, 0.29) is 0 Å². The lowest BCUT2D eigenvalue weighted by Crippen LogP contribution is -2.46. The first kappa shape index (κ1) is 9.30. The molecule has 0 spiro atoms. The molecular formula is C10H15N3O. The fourth-order valence-electron chi connectivity index (χ4n) is 1.50. The van der Waals surface area contributed by atoms with Gasteiger partial charge in [0.05, 0.1) is 0 Å². The SMILES string of the molecule is Oc1ccc(NN2CCNCC2)cc1. The highest BCUT2D eigenvalue weighted by Crippen LogP contribution is 2.14. The molecule has 1 aliphatic rings. The Labute approximate surface area is 83.5 Å². The molecule has 0 atom stereocenters. The molecule has 1 aliphatic heterocycles. The van der Waals surface area contributed by atoms with Crippen molar-refractivity contribution in [3.8, 4) is 5.75 Å². The van der Waals surface area contributed by atoms with Crippen LogP contribution in [0.5, 0.6) is 5.75 Å². The van der Waals surface area contributed by atoms with Crippen LogP contribution < -0.4 is 10.7 Å². The molecule has 1 fully saturated rings. The Hall–Kier alpha value is -1.26. The molecule has 0 amide bonds. The minimum Gasteiger partial charge on any atom is -0.508 e. The van der Waals surface area contributed by atoms with Gasteiger partial charge in [-0.3, -0.25) is 0 Å². The zero-order chi connectivity index (χ0) is 9.80. The maximum absolute atomic E-state index is 9.11. The highest BCUT2D eigenvalue weighted by molar-refractivity contribution is 5.45. The summed E-state index contributed by atoms with van der Waals surface area (Å²) in [6, 6.07) is 7.11. The number of anilines is 1. The Bertz CT molecular complexity index is 280. The number of rotatable bonds is 2. The number of aromatic hydroxyl groups is 1. The van der Waals surface area contributed by atoms with Crippen LogP contribution >= 0.6 is 0 Å². The van der Waals surface area contributed by atoms with Crippen molar-refractivity contribution in [2.45, 2.75) is 0 Å². The molecule has 0 saturated carbocycles. The fraction of sp³-hybridized carbons (Fsp3) is 0.400. The van der Waals surface area contributed by atoms with Gasteiger partial charge in [-0.05, 0) is 24.3 Å². The first-order chi connectivity index (χ1) is 6.84. The summed E-state index contributed by atoms with van der Waals surface area (Å²) in [5.74, 6) is 0.302. The lowest BCUT2D eigenvalue weighted by atomic mass is 10.3. The van der Waals surface area contributed by atoms with E-state index >= 15 is 0 Å². The van der Waals surface area contributed by atoms with Crippen molar-refractivity contribution in [2.75, 3.05) is 31.6 Å². The molecule has 1 aromatic rings. The molecule has 2 rings (SSSR count). The molecule has 1 aromatic carbocycles.